The van der Waals surface area contributed by atoms with Crippen LogP contribution in [0.2, 0.25) is 10.0 Å². The fourth-order valence-electron chi connectivity index (χ4n) is 3.44. The molecule has 32 heavy (non-hydrogen) atoms. The zero-order valence-electron chi connectivity index (χ0n) is 17.3. The molecule has 1 amide bonds. The standard InChI is InChI=1S/C23H22Cl2N2O3S2/c24-19-7-2-16(14-20(19)25)15-21-22(28)27(23(31)32-21)17-3-5-18(6-4-17)30-11-1-8-26-9-12-29-13-10-26/h2-7,14-15H,1,8-13H2/b21-15-. The maximum Gasteiger partial charge on any atom is 0.270 e. The van der Waals surface area contributed by atoms with E-state index in [1.807, 2.05) is 30.3 Å². The minimum absolute atomic E-state index is 0.162. The van der Waals surface area contributed by atoms with Gasteiger partial charge in [-0.3, -0.25) is 14.6 Å². The second-order valence-corrected chi connectivity index (χ2v) is 9.83. The van der Waals surface area contributed by atoms with Gasteiger partial charge in [-0.05, 0) is 54.5 Å². The van der Waals surface area contributed by atoms with Crippen LogP contribution in [0.4, 0.5) is 5.69 Å². The summed E-state index contributed by atoms with van der Waals surface area (Å²) >= 11 is 18.8. The van der Waals surface area contributed by atoms with E-state index in [-0.39, 0.29) is 5.91 Å². The monoisotopic (exact) mass is 508 g/mol. The molecular formula is C23H22Cl2N2O3S2. The number of hydrogen-bond donors (Lipinski definition) is 0. The number of hydrogen-bond acceptors (Lipinski definition) is 6. The summed E-state index contributed by atoms with van der Waals surface area (Å²) in [5, 5.41) is 0.913. The number of thioether (sulfide) groups is 1. The molecule has 0 aromatic heterocycles. The van der Waals surface area contributed by atoms with E-state index in [1.165, 1.54) is 16.7 Å². The molecule has 0 radical (unpaired) electrons. The van der Waals surface area contributed by atoms with Gasteiger partial charge in [0.1, 0.15) is 5.75 Å². The van der Waals surface area contributed by atoms with Crippen molar-refractivity contribution in [2.45, 2.75) is 6.42 Å². The molecule has 2 aromatic rings. The van der Waals surface area contributed by atoms with Crippen LogP contribution in [0.25, 0.3) is 6.08 Å². The number of ether oxygens (including phenoxy) is 2. The molecule has 0 spiro atoms. The van der Waals surface area contributed by atoms with Crippen molar-refractivity contribution in [3.05, 3.63) is 63.0 Å². The Hall–Kier alpha value is -1.61. The lowest BCUT2D eigenvalue weighted by atomic mass is 10.2. The first-order valence-electron chi connectivity index (χ1n) is 10.3. The van der Waals surface area contributed by atoms with Crippen molar-refractivity contribution in [3.8, 4) is 5.75 Å². The van der Waals surface area contributed by atoms with Crippen LogP contribution in [0.1, 0.15) is 12.0 Å². The summed E-state index contributed by atoms with van der Waals surface area (Å²) in [5.41, 5.74) is 1.51. The van der Waals surface area contributed by atoms with Gasteiger partial charge in [-0.1, -0.05) is 53.2 Å². The Morgan fingerprint density at radius 2 is 1.84 bits per heavy atom. The van der Waals surface area contributed by atoms with Gasteiger partial charge < -0.3 is 9.47 Å². The van der Waals surface area contributed by atoms with Gasteiger partial charge in [0.25, 0.3) is 5.91 Å². The molecule has 9 heteroatoms. The molecule has 0 saturated carbocycles. The third-order valence-electron chi connectivity index (χ3n) is 5.12. The van der Waals surface area contributed by atoms with Crippen molar-refractivity contribution in [3.63, 3.8) is 0 Å². The first kappa shape index (κ1) is 23.5. The van der Waals surface area contributed by atoms with E-state index >= 15 is 0 Å². The Morgan fingerprint density at radius 1 is 1.09 bits per heavy atom. The van der Waals surface area contributed by atoms with Gasteiger partial charge >= 0.3 is 0 Å². The van der Waals surface area contributed by atoms with Gasteiger partial charge in [0.05, 0.1) is 40.5 Å². The highest BCUT2D eigenvalue weighted by atomic mass is 35.5. The Balaban J connectivity index is 1.34. The van der Waals surface area contributed by atoms with E-state index in [1.54, 1.807) is 18.2 Å². The zero-order chi connectivity index (χ0) is 22.5. The fourth-order valence-corrected chi connectivity index (χ4v) is 5.04. The number of nitrogens with zero attached hydrogens (tertiary/aromatic N) is 2. The van der Waals surface area contributed by atoms with E-state index in [0.29, 0.717) is 31.6 Å². The molecule has 2 saturated heterocycles. The second-order valence-electron chi connectivity index (χ2n) is 7.34. The summed E-state index contributed by atoms with van der Waals surface area (Å²) in [6, 6.07) is 12.7. The quantitative estimate of drug-likeness (QED) is 0.279. The van der Waals surface area contributed by atoms with E-state index in [4.69, 9.17) is 44.9 Å². The number of anilines is 1. The zero-order valence-corrected chi connectivity index (χ0v) is 20.4. The first-order valence-corrected chi connectivity index (χ1v) is 12.3. The van der Waals surface area contributed by atoms with Crippen LogP contribution in [0.3, 0.4) is 0 Å². The molecule has 5 nitrogen and oxygen atoms in total. The fraction of sp³-hybridized carbons (Fsp3) is 0.304. The molecule has 0 aliphatic carbocycles. The molecule has 2 aliphatic heterocycles. The summed E-state index contributed by atoms with van der Waals surface area (Å²) in [4.78, 5) is 17.4. The Labute approximate surface area is 207 Å². The minimum atomic E-state index is -0.162. The van der Waals surface area contributed by atoms with Crippen LogP contribution < -0.4 is 9.64 Å². The van der Waals surface area contributed by atoms with Crippen molar-refractivity contribution in [1.82, 2.24) is 4.90 Å². The van der Waals surface area contributed by atoms with Crippen LogP contribution in [0, 0.1) is 0 Å². The van der Waals surface area contributed by atoms with Gasteiger partial charge in [-0.2, -0.15) is 0 Å². The molecule has 4 rings (SSSR count). The number of carbonyl (C=O) groups excluding carboxylic acids is 1. The Morgan fingerprint density at radius 3 is 2.56 bits per heavy atom. The number of morpholine rings is 1. The van der Waals surface area contributed by atoms with E-state index in [2.05, 4.69) is 4.90 Å². The van der Waals surface area contributed by atoms with Crippen molar-refractivity contribution >= 4 is 69.2 Å². The summed E-state index contributed by atoms with van der Waals surface area (Å²) in [6.45, 7) is 5.23. The predicted octanol–water partition coefficient (Wildman–Crippen LogP) is 5.50. The van der Waals surface area contributed by atoms with E-state index in [9.17, 15) is 4.79 Å². The predicted molar refractivity (Wildman–Crippen MR) is 136 cm³/mol. The number of amides is 1. The topological polar surface area (TPSA) is 42.0 Å². The minimum Gasteiger partial charge on any atom is -0.494 e. The van der Waals surface area contributed by atoms with Crippen molar-refractivity contribution in [2.75, 3.05) is 44.4 Å². The average molecular weight is 509 g/mol. The average Bonchev–Trinajstić information content (AvgIpc) is 3.08. The molecule has 0 unspecified atom stereocenters. The molecule has 2 fully saturated rings. The van der Waals surface area contributed by atoms with Gasteiger partial charge in [0.15, 0.2) is 4.32 Å². The van der Waals surface area contributed by atoms with Crippen LogP contribution in [-0.2, 0) is 9.53 Å². The lowest BCUT2D eigenvalue weighted by Crippen LogP contribution is -2.37. The lowest BCUT2D eigenvalue weighted by molar-refractivity contribution is -0.113. The molecule has 0 bridgehead atoms. The summed E-state index contributed by atoms with van der Waals surface area (Å²) in [6.07, 6.45) is 2.73. The summed E-state index contributed by atoms with van der Waals surface area (Å²) < 4.78 is 11.7. The van der Waals surface area contributed by atoms with Gasteiger partial charge in [0, 0.05) is 19.6 Å². The molecule has 0 atom stereocenters. The Bertz CT molecular complexity index is 1020. The largest absolute Gasteiger partial charge is 0.494 e. The highest BCUT2D eigenvalue weighted by Gasteiger charge is 2.33. The third kappa shape index (κ3) is 5.84. The molecule has 2 aromatic carbocycles. The molecule has 2 aliphatic rings. The third-order valence-corrected chi connectivity index (χ3v) is 7.16. The van der Waals surface area contributed by atoms with Crippen LogP contribution in [0.5, 0.6) is 5.75 Å². The molecular weight excluding hydrogens is 487 g/mol. The Kier molecular flexibility index (Phi) is 8.10. The van der Waals surface area contributed by atoms with Gasteiger partial charge in [-0.15, -0.1) is 0 Å². The first-order chi connectivity index (χ1) is 15.5. The molecule has 168 valence electrons. The number of rotatable bonds is 7. The van der Waals surface area contributed by atoms with Crippen molar-refractivity contribution < 1.29 is 14.3 Å². The molecule has 2 heterocycles. The maximum absolute atomic E-state index is 13.0. The van der Waals surface area contributed by atoms with Crippen LogP contribution in [0.15, 0.2) is 47.4 Å². The smallest absolute Gasteiger partial charge is 0.270 e. The normalized spacial score (nSPS) is 18.6. The number of thiocarbonyl (C=S) groups is 1. The second kappa shape index (κ2) is 11.0. The van der Waals surface area contributed by atoms with E-state index < -0.39 is 0 Å². The SMILES string of the molecule is O=C1/C(=C/c2ccc(Cl)c(Cl)c2)SC(=S)N1c1ccc(OCCCN2CCOCC2)cc1. The van der Waals surface area contributed by atoms with Crippen molar-refractivity contribution in [1.29, 1.82) is 0 Å². The van der Waals surface area contributed by atoms with Crippen molar-refractivity contribution in [2.24, 2.45) is 0 Å². The number of carbonyl (C=O) groups is 1. The van der Waals surface area contributed by atoms with Crippen LogP contribution >= 0.6 is 47.2 Å². The number of halogens is 2. The highest BCUT2D eigenvalue weighted by Crippen LogP contribution is 2.37. The summed E-state index contributed by atoms with van der Waals surface area (Å²) in [5.74, 6) is 0.609. The number of benzene rings is 2. The van der Waals surface area contributed by atoms with Gasteiger partial charge in [0.2, 0.25) is 0 Å². The lowest BCUT2D eigenvalue weighted by Gasteiger charge is -2.26. The van der Waals surface area contributed by atoms with Crippen LogP contribution in [-0.4, -0.2) is 54.6 Å². The highest BCUT2D eigenvalue weighted by molar-refractivity contribution is 8.27. The maximum atomic E-state index is 13.0. The van der Waals surface area contributed by atoms with Gasteiger partial charge in [-0.25, -0.2) is 0 Å². The molecule has 0 N–H and O–H groups in total. The van der Waals surface area contributed by atoms with E-state index in [0.717, 1.165) is 50.6 Å². The summed E-state index contributed by atoms with van der Waals surface area (Å²) in [7, 11) is 0.